The van der Waals surface area contributed by atoms with Gasteiger partial charge in [-0.25, -0.2) is 4.99 Å². The zero-order chi connectivity index (χ0) is 19.2. The van der Waals surface area contributed by atoms with E-state index in [1.54, 1.807) is 12.1 Å². The highest BCUT2D eigenvalue weighted by Gasteiger charge is 2.29. The molecule has 0 spiro atoms. The molecule has 2 rings (SSSR count). The lowest BCUT2D eigenvalue weighted by molar-refractivity contribution is -0.153. The lowest BCUT2D eigenvalue weighted by atomic mass is 10.2. The second-order valence-corrected chi connectivity index (χ2v) is 5.95. The van der Waals surface area contributed by atoms with Gasteiger partial charge >= 0.3 is 6.18 Å². The molecule has 0 amide bonds. The number of β-amino-alcohol motifs (C(OH)–C–C–N with tert-alkyl or cyclic N) is 1. The number of aliphatic hydroxyl groups is 1. The van der Waals surface area contributed by atoms with Crippen molar-refractivity contribution in [3.05, 3.63) is 23.8 Å². The van der Waals surface area contributed by atoms with Crippen molar-refractivity contribution in [2.45, 2.75) is 32.2 Å². The fourth-order valence-corrected chi connectivity index (χ4v) is 2.62. The average Bonchev–Trinajstić information content (AvgIpc) is 3.02. The number of hydrogen-bond donors (Lipinski definition) is 2. The number of guanidine groups is 1. The summed E-state index contributed by atoms with van der Waals surface area (Å²) in [6.45, 7) is 2.85. The number of methoxy groups -OCH3 is 1. The minimum Gasteiger partial charge on any atom is -0.493 e. The average molecular weight is 503 g/mol. The van der Waals surface area contributed by atoms with Crippen LogP contribution in [-0.2, 0) is 6.54 Å². The van der Waals surface area contributed by atoms with Crippen LogP contribution < -0.4 is 14.8 Å². The summed E-state index contributed by atoms with van der Waals surface area (Å²) < 4.78 is 46.8. The van der Waals surface area contributed by atoms with Crippen LogP contribution in [0.3, 0.4) is 0 Å². The number of nitrogens with one attached hydrogen (secondary N) is 1. The first-order valence-electron chi connectivity index (χ1n) is 8.40. The quantitative estimate of drug-likeness (QED) is 0.355. The Bertz CT molecular complexity index is 629. The second kappa shape index (κ2) is 10.8. The molecule has 1 heterocycles. The van der Waals surface area contributed by atoms with Gasteiger partial charge in [-0.15, -0.1) is 24.0 Å². The topological polar surface area (TPSA) is 66.3 Å². The summed E-state index contributed by atoms with van der Waals surface area (Å²) in [5.41, 5.74) is 0.774. The zero-order valence-corrected chi connectivity index (χ0v) is 17.6. The van der Waals surface area contributed by atoms with Crippen LogP contribution in [0.25, 0.3) is 0 Å². The molecule has 27 heavy (non-hydrogen) atoms. The third-order valence-corrected chi connectivity index (χ3v) is 3.83. The van der Waals surface area contributed by atoms with E-state index in [9.17, 15) is 18.3 Å². The molecule has 1 aliphatic rings. The van der Waals surface area contributed by atoms with Crippen molar-refractivity contribution in [1.82, 2.24) is 10.2 Å². The fourth-order valence-electron chi connectivity index (χ4n) is 2.62. The van der Waals surface area contributed by atoms with Crippen LogP contribution in [-0.4, -0.2) is 61.6 Å². The number of aliphatic hydroxyl groups excluding tert-OH is 1. The normalized spacial score (nSPS) is 17.5. The molecule has 1 aromatic carbocycles. The van der Waals surface area contributed by atoms with Crippen LogP contribution in [0.15, 0.2) is 23.2 Å². The minimum absolute atomic E-state index is 0. The Morgan fingerprint density at radius 2 is 2.11 bits per heavy atom. The summed E-state index contributed by atoms with van der Waals surface area (Å²) >= 11 is 0. The van der Waals surface area contributed by atoms with Crippen LogP contribution in [0.4, 0.5) is 13.2 Å². The molecular weight excluding hydrogens is 478 g/mol. The first-order valence-corrected chi connectivity index (χ1v) is 8.40. The molecule has 0 unspecified atom stereocenters. The molecular formula is C17H25F3IN3O3. The third kappa shape index (κ3) is 7.60. The Balaban J connectivity index is 0.00000364. The molecule has 0 aromatic heterocycles. The summed E-state index contributed by atoms with van der Waals surface area (Å²) in [6, 6.07) is 4.71. The standard InChI is InChI=1S/C17H24F3N3O3.HI/c1-3-21-16(23-7-6-13(24)10-23)22-9-12-4-5-14(15(8-12)25-2)26-11-17(18,19)20;/h4-5,8,13,24H,3,6-7,9-11H2,1-2H3,(H,21,22);1H/t13-;/m1./s1. The van der Waals surface area contributed by atoms with E-state index in [0.29, 0.717) is 32.0 Å². The van der Waals surface area contributed by atoms with Crippen molar-refractivity contribution < 1.29 is 27.8 Å². The van der Waals surface area contributed by atoms with Gasteiger partial charge in [0.25, 0.3) is 0 Å². The lowest BCUT2D eigenvalue weighted by Gasteiger charge is -2.21. The van der Waals surface area contributed by atoms with Crippen LogP contribution in [0, 0.1) is 0 Å². The molecule has 1 saturated heterocycles. The van der Waals surface area contributed by atoms with E-state index in [4.69, 9.17) is 9.47 Å². The first kappa shape index (κ1) is 23.6. The molecule has 1 aliphatic heterocycles. The number of halogens is 4. The van der Waals surface area contributed by atoms with E-state index in [1.165, 1.54) is 13.2 Å². The maximum absolute atomic E-state index is 12.3. The maximum Gasteiger partial charge on any atom is 0.422 e. The van der Waals surface area contributed by atoms with E-state index in [0.717, 1.165) is 12.1 Å². The van der Waals surface area contributed by atoms with Crippen molar-refractivity contribution >= 4 is 29.9 Å². The molecule has 154 valence electrons. The molecule has 1 fully saturated rings. The van der Waals surface area contributed by atoms with Crippen LogP contribution >= 0.6 is 24.0 Å². The van der Waals surface area contributed by atoms with Crippen molar-refractivity contribution in [3.8, 4) is 11.5 Å². The summed E-state index contributed by atoms with van der Waals surface area (Å²) in [4.78, 5) is 6.51. The Hall–Kier alpha value is -1.43. The number of ether oxygens (including phenoxy) is 2. The van der Waals surface area contributed by atoms with E-state index in [2.05, 4.69) is 10.3 Å². The Labute approximate surface area is 173 Å². The minimum atomic E-state index is -4.41. The summed E-state index contributed by atoms with van der Waals surface area (Å²) in [7, 11) is 1.37. The highest BCUT2D eigenvalue weighted by Crippen LogP contribution is 2.30. The predicted molar refractivity (Wildman–Crippen MR) is 107 cm³/mol. The number of aliphatic imine (C=N–C) groups is 1. The Morgan fingerprint density at radius 3 is 2.67 bits per heavy atom. The van der Waals surface area contributed by atoms with Gasteiger partial charge in [-0.3, -0.25) is 0 Å². The molecule has 2 N–H and O–H groups in total. The summed E-state index contributed by atoms with van der Waals surface area (Å²) in [6.07, 6.45) is -4.07. The van der Waals surface area contributed by atoms with Gasteiger partial charge in [-0.2, -0.15) is 13.2 Å². The number of hydrogen-bond acceptors (Lipinski definition) is 4. The van der Waals surface area contributed by atoms with Crippen molar-refractivity contribution in [2.24, 2.45) is 4.99 Å². The predicted octanol–water partition coefficient (Wildman–Crippen LogP) is 2.79. The van der Waals surface area contributed by atoms with Gasteiger partial charge in [-0.1, -0.05) is 6.07 Å². The van der Waals surface area contributed by atoms with Gasteiger partial charge in [0.05, 0.1) is 19.8 Å². The molecule has 1 atom stereocenters. The van der Waals surface area contributed by atoms with Gasteiger partial charge in [0.2, 0.25) is 0 Å². The number of rotatable bonds is 6. The molecule has 0 radical (unpaired) electrons. The first-order chi connectivity index (χ1) is 12.3. The van der Waals surface area contributed by atoms with E-state index in [-0.39, 0.29) is 41.6 Å². The summed E-state index contributed by atoms with van der Waals surface area (Å²) in [5, 5.41) is 12.8. The smallest absolute Gasteiger partial charge is 0.422 e. The number of benzene rings is 1. The fraction of sp³-hybridized carbons (Fsp3) is 0.588. The molecule has 0 bridgehead atoms. The Kier molecular flexibility index (Phi) is 9.43. The molecule has 10 heteroatoms. The lowest BCUT2D eigenvalue weighted by Crippen LogP contribution is -2.40. The third-order valence-electron chi connectivity index (χ3n) is 3.83. The van der Waals surface area contributed by atoms with Crippen LogP contribution in [0.5, 0.6) is 11.5 Å². The molecule has 1 aromatic rings. The highest BCUT2D eigenvalue weighted by atomic mass is 127. The van der Waals surface area contributed by atoms with Gasteiger partial charge in [-0.05, 0) is 31.0 Å². The van der Waals surface area contributed by atoms with Gasteiger partial charge in [0.1, 0.15) is 0 Å². The zero-order valence-electron chi connectivity index (χ0n) is 15.3. The van der Waals surface area contributed by atoms with E-state index in [1.807, 2.05) is 11.8 Å². The van der Waals surface area contributed by atoms with Gasteiger partial charge in [0, 0.05) is 19.6 Å². The number of likely N-dealkylation sites (tertiary alicyclic amines) is 1. The number of nitrogens with zero attached hydrogens (tertiary/aromatic N) is 2. The van der Waals surface area contributed by atoms with Crippen molar-refractivity contribution in [3.63, 3.8) is 0 Å². The second-order valence-electron chi connectivity index (χ2n) is 5.95. The van der Waals surface area contributed by atoms with Gasteiger partial charge in [0.15, 0.2) is 24.1 Å². The van der Waals surface area contributed by atoms with Crippen LogP contribution in [0.2, 0.25) is 0 Å². The van der Waals surface area contributed by atoms with E-state index < -0.39 is 12.8 Å². The molecule has 6 nitrogen and oxygen atoms in total. The maximum atomic E-state index is 12.3. The van der Waals surface area contributed by atoms with Crippen molar-refractivity contribution in [2.75, 3.05) is 33.4 Å². The molecule has 0 saturated carbocycles. The largest absolute Gasteiger partial charge is 0.493 e. The SMILES string of the molecule is CCNC(=NCc1ccc(OCC(F)(F)F)c(OC)c1)N1CC[C@@H](O)C1.I. The van der Waals surface area contributed by atoms with Crippen molar-refractivity contribution in [1.29, 1.82) is 0 Å². The Morgan fingerprint density at radius 1 is 1.37 bits per heavy atom. The van der Waals surface area contributed by atoms with Gasteiger partial charge < -0.3 is 24.8 Å². The highest BCUT2D eigenvalue weighted by molar-refractivity contribution is 14.0. The van der Waals surface area contributed by atoms with E-state index >= 15 is 0 Å². The molecule has 0 aliphatic carbocycles. The monoisotopic (exact) mass is 503 g/mol. The number of alkyl halides is 3. The van der Waals surface area contributed by atoms with Crippen LogP contribution in [0.1, 0.15) is 18.9 Å². The summed E-state index contributed by atoms with van der Waals surface area (Å²) in [5.74, 6) is 0.955.